The zero-order valence-corrected chi connectivity index (χ0v) is 15.6. The lowest BCUT2D eigenvalue weighted by molar-refractivity contribution is -0.121. The van der Waals surface area contributed by atoms with Crippen LogP contribution in [0.1, 0.15) is 11.1 Å². The minimum atomic E-state index is -0.192. The van der Waals surface area contributed by atoms with E-state index in [1.165, 1.54) is 0 Å². The summed E-state index contributed by atoms with van der Waals surface area (Å²) in [5.41, 5.74) is 1.96. The Labute approximate surface area is 159 Å². The molecule has 7 nitrogen and oxygen atoms in total. The lowest BCUT2D eigenvalue weighted by Crippen LogP contribution is -2.38. The molecule has 0 spiro atoms. The van der Waals surface area contributed by atoms with Crippen molar-refractivity contribution < 1.29 is 19.1 Å². The third-order valence-electron chi connectivity index (χ3n) is 3.80. The monoisotopic (exact) mass is 371 g/mol. The molecular weight excluding hydrogens is 346 g/mol. The Hall–Kier alpha value is -3.06. The van der Waals surface area contributed by atoms with Gasteiger partial charge in [0.05, 0.1) is 20.2 Å². The minimum Gasteiger partial charge on any atom is -0.493 e. The maximum atomic E-state index is 11.8. The fourth-order valence-corrected chi connectivity index (χ4v) is 2.32. The molecule has 2 aromatic carbocycles. The Balaban J connectivity index is 1.84. The first-order valence-electron chi connectivity index (χ1n) is 8.64. The van der Waals surface area contributed by atoms with Crippen LogP contribution in [0.25, 0.3) is 0 Å². The van der Waals surface area contributed by atoms with E-state index in [2.05, 4.69) is 16.0 Å². The Morgan fingerprint density at radius 3 is 2.37 bits per heavy atom. The molecule has 2 rings (SSSR count). The molecule has 0 aliphatic rings. The van der Waals surface area contributed by atoms with E-state index in [1.807, 2.05) is 48.5 Å². The first-order valence-corrected chi connectivity index (χ1v) is 8.64. The van der Waals surface area contributed by atoms with Crippen LogP contribution < -0.4 is 25.4 Å². The molecule has 3 N–H and O–H groups in total. The summed E-state index contributed by atoms with van der Waals surface area (Å²) in [6, 6.07) is 15.4. The van der Waals surface area contributed by atoms with Crippen LogP contribution in [0, 0.1) is 0 Å². The average molecular weight is 371 g/mol. The zero-order valence-electron chi connectivity index (χ0n) is 15.6. The molecule has 0 fully saturated rings. The number of carbonyl (C=O) groups is 2. The predicted octanol–water partition coefficient (Wildman–Crippen LogP) is 1.23. The standard InChI is InChI=1S/C20H25N3O4/c1-21-19(24)12-22-13-20(25)23-11-16-8-9-17(18(10-16)26-2)27-14-15-6-4-3-5-7-15/h3-10,22H,11-14H2,1-2H3,(H,21,24)(H,23,25). The van der Waals surface area contributed by atoms with E-state index in [9.17, 15) is 9.59 Å². The molecule has 0 bridgehead atoms. The summed E-state index contributed by atoms with van der Waals surface area (Å²) in [6.45, 7) is 0.980. The Bertz CT molecular complexity index is 750. The minimum absolute atomic E-state index is 0.0722. The molecule has 2 aromatic rings. The fraction of sp³-hybridized carbons (Fsp3) is 0.300. The summed E-state index contributed by atoms with van der Waals surface area (Å²) in [4.78, 5) is 22.9. The van der Waals surface area contributed by atoms with Crippen molar-refractivity contribution >= 4 is 11.8 Å². The van der Waals surface area contributed by atoms with Crippen LogP contribution in [0.3, 0.4) is 0 Å². The summed E-state index contributed by atoms with van der Waals surface area (Å²) < 4.78 is 11.2. The van der Waals surface area contributed by atoms with Crippen LogP contribution in [0.2, 0.25) is 0 Å². The quantitative estimate of drug-likeness (QED) is 0.585. The van der Waals surface area contributed by atoms with Crippen LogP contribution in [-0.2, 0) is 22.7 Å². The number of hydrogen-bond acceptors (Lipinski definition) is 5. The molecule has 0 saturated carbocycles. The normalized spacial score (nSPS) is 10.1. The SMILES string of the molecule is CNC(=O)CNCC(=O)NCc1ccc(OCc2ccccc2)c(OC)c1. The zero-order chi connectivity index (χ0) is 19.5. The summed E-state index contributed by atoms with van der Waals surface area (Å²) >= 11 is 0. The highest BCUT2D eigenvalue weighted by molar-refractivity contribution is 5.80. The summed E-state index contributed by atoms with van der Waals surface area (Å²) in [5.74, 6) is 0.889. The van der Waals surface area contributed by atoms with Gasteiger partial charge in [0.2, 0.25) is 11.8 Å². The summed E-state index contributed by atoms with van der Waals surface area (Å²) in [6.07, 6.45) is 0. The van der Waals surface area contributed by atoms with Gasteiger partial charge in [-0.25, -0.2) is 0 Å². The average Bonchev–Trinajstić information content (AvgIpc) is 2.71. The summed E-state index contributed by atoms with van der Waals surface area (Å²) in [5, 5.41) is 8.03. The number of methoxy groups -OCH3 is 1. The number of likely N-dealkylation sites (N-methyl/N-ethyl adjacent to an activating group) is 1. The van der Waals surface area contributed by atoms with Gasteiger partial charge in [-0.15, -0.1) is 0 Å². The van der Waals surface area contributed by atoms with Crippen molar-refractivity contribution in [1.29, 1.82) is 0 Å². The summed E-state index contributed by atoms with van der Waals surface area (Å²) in [7, 11) is 3.13. The molecule has 0 radical (unpaired) electrons. The highest BCUT2D eigenvalue weighted by atomic mass is 16.5. The second-order valence-corrected chi connectivity index (χ2v) is 5.81. The fourth-order valence-electron chi connectivity index (χ4n) is 2.32. The molecule has 0 aromatic heterocycles. The molecule has 0 aliphatic heterocycles. The van der Waals surface area contributed by atoms with E-state index in [0.29, 0.717) is 24.7 Å². The molecule has 7 heteroatoms. The van der Waals surface area contributed by atoms with Crippen LogP contribution in [0.5, 0.6) is 11.5 Å². The molecule has 0 aliphatic carbocycles. The number of ether oxygens (including phenoxy) is 2. The van der Waals surface area contributed by atoms with Gasteiger partial charge in [-0.2, -0.15) is 0 Å². The van der Waals surface area contributed by atoms with Gasteiger partial charge in [0.15, 0.2) is 11.5 Å². The van der Waals surface area contributed by atoms with Gasteiger partial charge in [0, 0.05) is 13.6 Å². The van der Waals surface area contributed by atoms with Crippen LogP contribution in [0.15, 0.2) is 48.5 Å². The first-order chi connectivity index (χ1) is 13.1. The van der Waals surface area contributed by atoms with E-state index in [1.54, 1.807) is 14.2 Å². The van der Waals surface area contributed by atoms with Gasteiger partial charge >= 0.3 is 0 Å². The Morgan fingerprint density at radius 1 is 0.926 bits per heavy atom. The van der Waals surface area contributed by atoms with Crippen LogP contribution >= 0.6 is 0 Å². The van der Waals surface area contributed by atoms with Crippen molar-refractivity contribution in [2.24, 2.45) is 0 Å². The Kier molecular flexibility index (Phi) is 8.12. The van der Waals surface area contributed by atoms with Crippen molar-refractivity contribution in [2.45, 2.75) is 13.2 Å². The maximum absolute atomic E-state index is 11.8. The second kappa shape index (κ2) is 10.8. The van der Waals surface area contributed by atoms with E-state index in [0.717, 1.165) is 11.1 Å². The molecule has 0 heterocycles. The number of carbonyl (C=O) groups excluding carboxylic acids is 2. The highest BCUT2D eigenvalue weighted by Crippen LogP contribution is 2.28. The number of benzene rings is 2. The number of hydrogen-bond donors (Lipinski definition) is 3. The molecule has 0 atom stereocenters. The van der Waals surface area contributed by atoms with Crippen molar-refractivity contribution in [3.8, 4) is 11.5 Å². The third-order valence-corrected chi connectivity index (χ3v) is 3.80. The molecule has 2 amide bonds. The lowest BCUT2D eigenvalue weighted by atomic mass is 10.2. The van der Waals surface area contributed by atoms with E-state index >= 15 is 0 Å². The van der Waals surface area contributed by atoms with E-state index in [-0.39, 0.29) is 24.9 Å². The first kappa shape index (κ1) is 20.3. The number of nitrogens with one attached hydrogen (secondary N) is 3. The van der Waals surface area contributed by atoms with E-state index < -0.39 is 0 Å². The van der Waals surface area contributed by atoms with E-state index in [4.69, 9.17) is 9.47 Å². The van der Waals surface area contributed by atoms with Crippen molar-refractivity contribution in [3.63, 3.8) is 0 Å². The smallest absolute Gasteiger partial charge is 0.234 e. The molecular formula is C20H25N3O4. The largest absolute Gasteiger partial charge is 0.493 e. The third kappa shape index (κ3) is 6.99. The van der Waals surface area contributed by atoms with Gasteiger partial charge in [0.1, 0.15) is 6.61 Å². The van der Waals surface area contributed by atoms with Crippen molar-refractivity contribution in [3.05, 3.63) is 59.7 Å². The molecule has 27 heavy (non-hydrogen) atoms. The lowest BCUT2D eigenvalue weighted by Gasteiger charge is -2.13. The molecule has 0 saturated heterocycles. The van der Waals surface area contributed by atoms with Crippen molar-refractivity contribution in [2.75, 3.05) is 27.2 Å². The molecule has 0 unspecified atom stereocenters. The number of rotatable bonds is 10. The maximum Gasteiger partial charge on any atom is 0.234 e. The van der Waals surface area contributed by atoms with Gasteiger partial charge < -0.3 is 20.1 Å². The van der Waals surface area contributed by atoms with Gasteiger partial charge in [-0.3, -0.25) is 14.9 Å². The van der Waals surface area contributed by atoms with Gasteiger partial charge in [-0.1, -0.05) is 36.4 Å². The van der Waals surface area contributed by atoms with Crippen LogP contribution in [0.4, 0.5) is 0 Å². The van der Waals surface area contributed by atoms with Gasteiger partial charge in [-0.05, 0) is 23.3 Å². The number of amides is 2. The van der Waals surface area contributed by atoms with Gasteiger partial charge in [0.25, 0.3) is 0 Å². The Morgan fingerprint density at radius 2 is 1.67 bits per heavy atom. The second-order valence-electron chi connectivity index (χ2n) is 5.81. The highest BCUT2D eigenvalue weighted by Gasteiger charge is 2.08. The van der Waals surface area contributed by atoms with Crippen LogP contribution in [-0.4, -0.2) is 39.1 Å². The molecule has 144 valence electrons. The van der Waals surface area contributed by atoms with Crippen molar-refractivity contribution in [1.82, 2.24) is 16.0 Å². The predicted molar refractivity (Wildman–Crippen MR) is 103 cm³/mol. The topological polar surface area (TPSA) is 88.7 Å².